The number of pyridine rings is 1. The molecule has 3 aliphatic rings. The molecule has 2 aromatic carbocycles. The number of morpholine rings is 2. The second-order valence-corrected chi connectivity index (χ2v) is 14.1. The maximum absolute atomic E-state index is 13.3. The van der Waals surface area contributed by atoms with Gasteiger partial charge in [0.15, 0.2) is 0 Å². The maximum Gasteiger partial charge on any atom is 0.334 e. The zero-order chi connectivity index (χ0) is 37.2. The number of halogens is 2. The molecule has 3 aliphatic heterocycles. The summed E-state index contributed by atoms with van der Waals surface area (Å²) in [7, 11) is 0. The van der Waals surface area contributed by atoms with Gasteiger partial charge in [0.05, 0.1) is 37.6 Å². The minimum Gasteiger partial charge on any atom is -0.478 e. The van der Waals surface area contributed by atoms with Crippen molar-refractivity contribution in [3.05, 3.63) is 112 Å². The molecule has 4 heterocycles. The second kappa shape index (κ2) is 18.6. The molecule has 52 heavy (non-hydrogen) atoms. The van der Waals surface area contributed by atoms with Gasteiger partial charge in [0, 0.05) is 39.3 Å². The number of anilines is 1. The van der Waals surface area contributed by atoms with Crippen LogP contribution >= 0.6 is 23.5 Å². The molecule has 0 aliphatic carbocycles. The van der Waals surface area contributed by atoms with E-state index in [0.717, 1.165) is 60.1 Å². The van der Waals surface area contributed by atoms with Crippen molar-refractivity contribution in [3.8, 4) is 0 Å². The van der Waals surface area contributed by atoms with Crippen molar-refractivity contribution in [2.45, 2.75) is 37.3 Å². The Hall–Kier alpha value is -4.11. The van der Waals surface area contributed by atoms with Gasteiger partial charge in [-0.25, -0.2) is 18.6 Å². The molecule has 1 amide bonds. The van der Waals surface area contributed by atoms with Crippen LogP contribution < -0.4 is 10.2 Å². The average Bonchev–Trinajstić information content (AvgIpc) is 3.16. The van der Waals surface area contributed by atoms with Crippen LogP contribution in [0.5, 0.6) is 0 Å². The topological polar surface area (TPSA) is 107 Å². The minimum absolute atomic E-state index is 0.169. The number of hydrogen-bond donors (Lipinski definition) is 2. The van der Waals surface area contributed by atoms with Crippen molar-refractivity contribution < 1.29 is 33.0 Å². The van der Waals surface area contributed by atoms with Crippen LogP contribution in [0.15, 0.2) is 82.7 Å². The molecule has 10 nitrogen and oxygen atoms in total. The van der Waals surface area contributed by atoms with Gasteiger partial charge in [-0.2, -0.15) is 0 Å². The van der Waals surface area contributed by atoms with E-state index >= 15 is 0 Å². The summed E-state index contributed by atoms with van der Waals surface area (Å²) in [6.45, 7) is 10.5. The number of nitrogens with one attached hydrogen (secondary N) is 1. The monoisotopic (exact) mass is 753 g/mol. The molecule has 2 saturated heterocycles. The predicted molar refractivity (Wildman–Crippen MR) is 201 cm³/mol. The number of carboxylic acid groups (broad SMARTS) is 1. The molecule has 0 bridgehead atoms. The minimum atomic E-state index is -0.900. The number of nitrogens with zero attached hydrogens (tertiary/aromatic N) is 4. The number of allylic oxidation sites excluding steroid dienone is 2. The summed E-state index contributed by atoms with van der Waals surface area (Å²) < 4.78 is 37.1. The van der Waals surface area contributed by atoms with Crippen LogP contribution in [0.1, 0.15) is 34.0 Å². The molecule has 1 atom stereocenters. The Morgan fingerprint density at radius 3 is 1.98 bits per heavy atom. The molecule has 2 N–H and O–H groups in total. The standard InChI is InChI=1S/C19H22FN3O2S.C19H23FN2O3S/c1-13-11-16(23-7-9-25-10-8-23)22-19(26-2)17(13)18(24)21-12-14-3-5-15(20)6-4-14;1-13-11-16(21-7-9-25-10-8-21)22(18(26-2)17(13)19(23)24)12-14-3-5-15(20)6-4-14/h3-6,11H,7-10,12H2,1-2H3,(H,21,24);3-6,11,18H,7-10,12H2,1-2H3,(H,23,24). The fourth-order valence-corrected chi connectivity index (χ4v) is 7.84. The van der Waals surface area contributed by atoms with Gasteiger partial charge in [-0.15, -0.1) is 23.5 Å². The van der Waals surface area contributed by atoms with Crippen LogP contribution in [-0.2, 0) is 27.4 Å². The molecule has 6 rings (SSSR count). The Labute approximate surface area is 312 Å². The normalized spacial score (nSPS) is 17.7. The number of aromatic nitrogens is 1. The van der Waals surface area contributed by atoms with Gasteiger partial charge in [-0.05, 0) is 85.0 Å². The highest BCUT2D eigenvalue weighted by atomic mass is 32.2. The molecule has 2 fully saturated rings. The summed E-state index contributed by atoms with van der Waals surface area (Å²) in [4.78, 5) is 35.7. The molecule has 1 unspecified atom stereocenters. The van der Waals surface area contributed by atoms with Gasteiger partial charge < -0.3 is 34.6 Å². The molecular formula is C38H45F2N5O5S2. The van der Waals surface area contributed by atoms with Gasteiger partial charge in [-0.3, -0.25) is 4.79 Å². The number of thioether (sulfide) groups is 2. The molecule has 278 valence electrons. The third-order valence-corrected chi connectivity index (χ3v) is 10.6. The fraction of sp³-hybridized carbons (Fsp3) is 0.395. The Kier molecular flexibility index (Phi) is 14.0. The lowest BCUT2D eigenvalue weighted by atomic mass is 10.0. The van der Waals surface area contributed by atoms with Crippen LogP contribution in [0, 0.1) is 18.6 Å². The summed E-state index contributed by atoms with van der Waals surface area (Å²) in [5.74, 6) is 0.244. The molecule has 0 spiro atoms. The number of aryl methyl sites for hydroxylation is 1. The number of carboxylic acids is 1. The van der Waals surface area contributed by atoms with Crippen LogP contribution in [0.3, 0.4) is 0 Å². The van der Waals surface area contributed by atoms with Crippen LogP contribution in [-0.4, -0.2) is 102 Å². The summed E-state index contributed by atoms with van der Waals surface area (Å²) in [5, 5.41) is 13.0. The molecule has 1 aromatic heterocycles. The van der Waals surface area contributed by atoms with E-state index in [9.17, 15) is 23.5 Å². The number of benzene rings is 2. The van der Waals surface area contributed by atoms with E-state index in [0.29, 0.717) is 55.7 Å². The number of hydrogen-bond acceptors (Lipinski definition) is 10. The van der Waals surface area contributed by atoms with Crippen molar-refractivity contribution in [1.29, 1.82) is 0 Å². The quantitative estimate of drug-likeness (QED) is 0.241. The van der Waals surface area contributed by atoms with Crippen molar-refractivity contribution >= 4 is 41.2 Å². The van der Waals surface area contributed by atoms with E-state index in [1.54, 1.807) is 24.3 Å². The lowest BCUT2D eigenvalue weighted by Gasteiger charge is -2.44. The Morgan fingerprint density at radius 2 is 1.44 bits per heavy atom. The first-order valence-corrected chi connectivity index (χ1v) is 19.5. The summed E-state index contributed by atoms with van der Waals surface area (Å²) in [6, 6.07) is 14.4. The van der Waals surface area contributed by atoms with E-state index in [4.69, 9.17) is 9.47 Å². The van der Waals surface area contributed by atoms with Crippen LogP contribution in [0.25, 0.3) is 0 Å². The number of carbonyl (C=O) groups is 2. The van der Waals surface area contributed by atoms with Gasteiger partial charge >= 0.3 is 5.97 Å². The first kappa shape index (κ1) is 39.1. The summed E-state index contributed by atoms with van der Waals surface area (Å²) in [6.07, 6.45) is 5.79. The average molecular weight is 754 g/mol. The first-order chi connectivity index (χ1) is 25.1. The van der Waals surface area contributed by atoms with Crippen molar-refractivity contribution in [3.63, 3.8) is 0 Å². The zero-order valence-corrected chi connectivity index (χ0v) is 31.5. The van der Waals surface area contributed by atoms with Crippen molar-refractivity contribution in [1.82, 2.24) is 20.1 Å². The number of aliphatic carboxylic acids is 1. The van der Waals surface area contributed by atoms with E-state index in [-0.39, 0.29) is 22.9 Å². The molecular weight excluding hydrogens is 709 g/mol. The predicted octanol–water partition coefficient (Wildman–Crippen LogP) is 5.92. The third kappa shape index (κ3) is 9.85. The van der Waals surface area contributed by atoms with E-state index in [1.807, 2.05) is 38.5 Å². The molecule has 0 radical (unpaired) electrons. The number of amides is 1. The largest absolute Gasteiger partial charge is 0.478 e. The van der Waals surface area contributed by atoms with Crippen molar-refractivity contribution in [2.24, 2.45) is 0 Å². The summed E-state index contributed by atoms with van der Waals surface area (Å²) in [5.41, 5.74) is 4.44. The van der Waals surface area contributed by atoms with E-state index < -0.39 is 5.97 Å². The van der Waals surface area contributed by atoms with Gasteiger partial charge in [0.2, 0.25) is 0 Å². The number of carbonyl (C=O) groups excluding carboxylic acids is 1. The molecule has 3 aromatic rings. The maximum atomic E-state index is 13.3. The van der Waals surface area contributed by atoms with E-state index in [2.05, 4.69) is 25.0 Å². The Morgan fingerprint density at radius 1 is 0.885 bits per heavy atom. The third-order valence-electron chi connectivity index (χ3n) is 8.94. The lowest BCUT2D eigenvalue weighted by molar-refractivity contribution is -0.133. The summed E-state index contributed by atoms with van der Waals surface area (Å²) >= 11 is 2.96. The second-order valence-electron chi connectivity index (χ2n) is 12.4. The Balaban J connectivity index is 0.000000201. The highest BCUT2D eigenvalue weighted by Crippen LogP contribution is 2.36. The first-order valence-electron chi connectivity index (χ1n) is 17.0. The smallest absolute Gasteiger partial charge is 0.334 e. The van der Waals surface area contributed by atoms with Crippen LogP contribution in [0.4, 0.5) is 14.6 Å². The highest BCUT2D eigenvalue weighted by Gasteiger charge is 2.35. The molecule has 0 saturated carbocycles. The fourth-order valence-electron chi connectivity index (χ4n) is 6.24. The van der Waals surface area contributed by atoms with Crippen molar-refractivity contribution in [2.75, 3.05) is 70.0 Å². The van der Waals surface area contributed by atoms with Gasteiger partial charge in [0.25, 0.3) is 5.91 Å². The van der Waals surface area contributed by atoms with Crippen LogP contribution in [0.2, 0.25) is 0 Å². The van der Waals surface area contributed by atoms with E-state index in [1.165, 1.54) is 47.8 Å². The van der Waals surface area contributed by atoms with Gasteiger partial charge in [-0.1, -0.05) is 24.3 Å². The highest BCUT2D eigenvalue weighted by molar-refractivity contribution is 7.99. The molecule has 14 heteroatoms. The zero-order valence-electron chi connectivity index (χ0n) is 29.9. The lowest BCUT2D eigenvalue weighted by Crippen LogP contribution is -2.47. The SMILES string of the molecule is CSC1C(C(=O)O)=C(C)C=C(N2CCOCC2)N1Cc1ccc(F)cc1.CSc1nc(N2CCOCC2)cc(C)c1C(=O)NCc1ccc(F)cc1. The number of rotatable bonds is 10. The Bertz CT molecular complexity index is 1760. The number of ether oxygens (including phenoxy) is 2. The van der Waals surface area contributed by atoms with Gasteiger partial charge in [0.1, 0.15) is 33.7 Å².